The molecule has 0 aromatic carbocycles. The number of hydrogen-bond donors (Lipinski definition) is 1. The first-order valence-electron chi connectivity index (χ1n) is 8.80. The topological polar surface area (TPSA) is 81.9 Å². The van der Waals surface area contributed by atoms with Crippen molar-refractivity contribution < 1.29 is 9.53 Å². The third kappa shape index (κ3) is 3.75. The number of fused-ring (bicyclic) bond motifs is 1. The highest BCUT2D eigenvalue weighted by atomic mass is 32.2. The standard InChI is InChI=1S/C18H23N5O2S/c1-4-10-25-16(24)14-12(3)20-17-21-18(26-11-5-2)22-23(17)15(14)13-8-6-7-9-19-13/h6-9,15H,4-5,10-11H2,1-3H3,(H,20,21,22). The fourth-order valence-electron chi connectivity index (χ4n) is 2.73. The van der Waals surface area contributed by atoms with Gasteiger partial charge in [0.2, 0.25) is 11.1 Å². The van der Waals surface area contributed by atoms with Crippen molar-refractivity contribution in [1.82, 2.24) is 19.7 Å². The highest BCUT2D eigenvalue weighted by Gasteiger charge is 2.35. The van der Waals surface area contributed by atoms with Crippen LogP contribution in [0.25, 0.3) is 0 Å². The van der Waals surface area contributed by atoms with Crippen LogP contribution in [0.15, 0.2) is 40.8 Å². The maximum absolute atomic E-state index is 12.7. The minimum atomic E-state index is -0.458. The van der Waals surface area contributed by atoms with Crippen LogP contribution < -0.4 is 5.32 Å². The SMILES string of the molecule is CCCOC(=O)C1=C(C)Nc2nc(SCCC)nn2C1c1ccccn1. The van der Waals surface area contributed by atoms with Crippen LogP contribution in [0.5, 0.6) is 0 Å². The quantitative estimate of drug-likeness (QED) is 0.588. The molecule has 0 spiro atoms. The number of aromatic nitrogens is 4. The van der Waals surface area contributed by atoms with Gasteiger partial charge in [-0.25, -0.2) is 9.48 Å². The summed E-state index contributed by atoms with van der Waals surface area (Å²) in [4.78, 5) is 21.7. The van der Waals surface area contributed by atoms with Gasteiger partial charge >= 0.3 is 5.97 Å². The lowest BCUT2D eigenvalue weighted by atomic mass is 10.00. The van der Waals surface area contributed by atoms with E-state index in [2.05, 4.69) is 27.3 Å². The van der Waals surface area contributed by atoms with Crippen LogP contribution in [-0.2, 0) is 9.53 Å². The fourth-order valence-corrected chi connectivity index (χ4v) is 3.42. The molecule has 1 aliphatic heterocycles. The summed E-state index contributed by atoms with van der Waals surface area (Å²) in [5.41, 5.74) is 1.96. The molecule has 3 rings (SSSR count). The number of anilines is 1. The van der Waals surface area contributed by atoms with Crippen LogP contribution in [0.3, 0.4) is 0 Å². The smallest absolute Gasteiger partial charge is 0.338 e. The fraction of sp³-hybridized carbons (Fsp3) is 0.444. The molecular weight excluding hydrogens is 350 g/mol. The zero-order valence-corrected chi connectivity index (χ0v) is 16.0. The number of ether oxygens (including phenoxy) is 1. The molecule has 0 aliphatic carbocycles. The van der Waals surface area contributed by atoms with Gasteiger partial charge in [0.1, 0.15) is 6.04 Å². The van der Waals surface area contributed by atoms with Crippen molar-refractivity contribution in [1.29, 1.82) is 0 Å². The van der Waals surface area contributed by atoms with Gasteiger partial charge in [-0.1, -0.05) is 31.7 Å². The van der Waals surface area contributed by atoms with E-state index in [0.29, 0.717) is 29.0 Å². The molecule has 2 aromatic rings. The Balaban J connectivity index is 2.03. The summed E-state index contributed by atoms with van der Waals surface area (Å²) < 4.78 is 7.14. The Labute approximate surface area is 157 Å². The molecule has 26 heavy (non-hydrogen) atoms. The highest BCUT2D eigenvalue weighted by molar-refractivity contribution is 7.99. The lowest BCUT2D eigenvalue weighted by Crippen LogP contribution is -2.30. The van der Waals surface area contributed by atoms with Crippen molar-refractivity contribution in [2.24, 2.45) is 0 Å². The number of thioether (sulfide) groups is 1. The Kier molecular flexibility index (Phi) is 5.92. The summed E-state index contributed by atoms with van der Waals surface area (Å²) in [6.07, 6.45) is 3.52. The Bertz CT molecular complexity index is 803. The summed E-state index contributed by atoms with van der Waals surface area (Å²) >= 11 is 1.60. The van der Waals surface area contributed by atoms with Crippen LogP contribution in [0.1, 0.15) is 45.3 Å². The molecule has 0 bridgehead atoms. The van der Waals surface area contributed by atoms with Crippen molar-refractivity contribution in [3.05, 3.63) is 41.4 Å². The van der Waals surface area contributed by atoms with Crippen molar-refractivity contribution in [3.63, 3.8) is 0 Å². The number of carbonyl (C=O) groups is 1. The maximum Gasteiger partial charge on any atom is 0.338 e. The molecule has 1 aliphatic rings. The number of allylic oxidation sites excluding steroid dienone is 1. The third-order valence-corrected chi connectivity index (χ3v) is 4.94. The van der Waals surface area contributed by atoms with E-state index in [1.807, 2.05) is 32.0 Å². The van der Waals surface area contributed by atoms with Gasteiger partial charge in [-0.3, -0.25) is 4.98 Å². The number of hydrogen-bond acceptors (Lipinski definition) is 7. The average molecular weight is 373 g/mol. The predicted molar refractivity (Wildman–Crippen MR) is 101 cm³/mol. The molecule has 0 saturated heterocycles. The van der Waals surface area contributed by atoms with Crippen LogP contribution in [0.4, 0.5) is 5.95 Å². The number of nitrogens with zero attached hydrogens (tertiary/aromatic N) is 4. The van der Waals surface area contributed by atoms with Gasteiger partial charge in [0.15, 0.2) is 0 Å². The van der Waals surface area contributed by atoms with Crippen LogP contribution >= 0.6 is 11.8 Å². The Hall–Kier alpha value is -2.35. The molecule has 138 valence electrons. The molecule has 0 fully saturated rings. The van der Waals surface area contributed by atoms with Gasteiger partial charge in [-0.2, -0.15) is 4.98 Å². The largest absolute Gasteiger partial charge is 0.462 e. The van der Waals surface area contributed by atoms with Gasteiger partial charge in [-0.15, -0.1) is 5.10 Å². The maximum atomic E-state index is 12.7. The van der Waals surface area contributed by atoms with Gasteiger partial charge in [-0.05, 0) is 31.9 Å². The molecule has 0 amide bonds. The number of rotatable bonds is 7. The number of esters is 1. The van der Waals surface area contributed by atoms with E-state index < -0.39 is 6.04 Å². The number of nitrogens with one attached hydrogen (secondary N) is 1. The molecule has 1 unspecified atom stereocenters. The van der Waals surface area contributed by atoms with E-state index in [1.54, 1.807) is 22.6 Å². The molecule has 1 N–H and O–H groups in total. The van der Waals surface area contributed by atoms with Gasteiger partial charge in [0.05, 0.1) is 17.9 Å². The first-order valence-corrected chi connectivity index (χ1v) is 9.79. The molecule has 3 heterocycles. The summed E-state index contributed by atoms with van der Waals surface area (Å²) in [6, 6.07) is 5.18. The summed E-state index contributed by atoms with van der Waals surface area (Å²) in [5, 5.41) is 8.49. The van der Waals surface area contributed by atoms with Crippen LogP contribution in [0.2, 0.25) is 0 Å². The van der Waals surface area contributed by atoms with E-state index >= 15 is 0 Å². The van der Waals surface area contributed by atoms with Crippen molar-refractivity contribution >= 4 is 23.7 Å². The lowest BCUT2D eigenvalue weighted by molar-refractivity contribution is -0.139. The number of carbonyl (C=O) groups excluding carboxylic acids is 1. The highest BCUT2D eigenvalue weighted by Crippen LogP contribution is 2.35. The Morgan fingerprint density at radius 1 is 1.35 bits per heavy atom. The first-order chi connectivity index (χ1) is 12.7. The van der Waals surface area contributed by atoms with E-state index in [-0.39, 0.29) is 5.97 Å². The van der Waals surface area contributed by atoms with Crippen molar-refractivity contribution in [2.75, 3.05) is 17.7 Å². The molecule has 0 radical (unpaired) electrons. The molecule has 2 aromatic heterocycles. The predicted octanol–water partition coefficient (Wildman–Crippen LogP) is 3.42. The summed E-state index contributed by atoms with van der Waals surface area (Å²) in [6.45, 7) is 6.32. The molecule has 1 atom stereocenters. The van der Waals surface area contributed by atoms with Crippen LogP contribution in [-0.4, -0.2) is 38.1 Å². The third-order valence-electron chi connectivity index (χ3n) is 3.89. The number of pyridine rings is 1. The molecular formula is C18H23N5O2S. The Morgan fingerprint density at radius 2 is 2.19 bits per heavy atom. The normalized spacial score (nSPS) is 16.2. The van der Waals surface area contributed by atoms with Crippen LogP contribution in [0, 0.1) is 0 Å². The first kappa shape index (κ1) is 18.4. The minimum Gasteiger partial charge on any atom is -0.462 e. The molecule has 0 saturated carbocycles. The second kappa shape index (κ2) is 8.35. The minimum absolute atomic E-state index is 0.351. The van der Waals surface area contributed by atoms with Gasteiger partial charge in [0, 0.05) is 17.6 Å². The summed E-state index contributed by atoms with van der Waals surface area (Å²) in [5.74, 6) is 1.20. The lowest BCUT2D eigenvalue weighted by Gasteiger charge is -2.27. The Morgan fingerprint density at radius 3 is 2.88 bits per heavy atom. The zero-order chi connectivity index (χ0) is 18.5. The van der Waals surface area contributed by atoms with E-state index in [4.69, 9.17) is 4.74 Å². The zero-order valence-electron chi connectivity index (χ0n) is 15.2. The van der Waals surface area contributed by atoms with Crippen molar-refractivity contribution in [3.8, 4) is 0 Å². The van der Waals surface area contributed by atoms with Crippen molar-refractivity contribution in [2.45, 2.75) is 44.8 Å². The van der Waals surface area contributed by atoms with Gasteiger partial charge < -0.3 is 10.1 Å². The molecule has 8 heteroatoms. The second-order valence-corrected chi connectivity index (χ2v) is 7.03. The second-order valence-electron chi connectivity index (χ2n) is 5.97. The van der Waals surface area contributed by atoms with E-state index in [0.717, 1.165) is 24.3 Å². The van der Waals surface area contributed by atoms with Gasteiger partial charge in [0.25, 0.3) is 0 Å². The average Bonchev–Trinajstić information content (AvgIpc) is 3.06. The van der Waals surface area contributed by atoms with E-state index in [9.17, 15) is 4.79 Å². The molecule has 7 nitrogen and oxygen atoms in total. The monoisotopic (exact) mass is 373 g/mol. The van der Waals surface area contributed by atoms with E-state index in [1.165, 1.54) is 0 Å². The summed E-state index contributed by atoms with van der Waals surface area (Å²) in [7, 11) is 0.